The van der Waals surface area contributed by atoms with Gasteiger partial charge in [0.15, 0.2) is 0 Å². The van der Waals surface area contributed by atoms with E-state index >= 15 is 0 Å². The van der Waals surface area contributed by atoms with Crippen molar-refractivity contribution in [2.45, 2.75) is 60.5 Å². The normalized spacial score (nSPS) is 12.4. The number of urea groups is 1. The van der Waals surface area contributed by atoms with E-state index in [2.05, 4.69) is 10.2 Å². The quantitative estimate of drug-likeness (QED) is 0.561. The Bertz CT molecular complexity index is 733. The Balaban J connectivity index is 3.35. The van der Waals surface area contributed by atoms with Gasteiger partial charge in [0.05, 0.1) is 12.3 Å². The smallest absolute Gasteiger partial charge is 0.317 e. The Morgan fingerprint density at radius 3 is 2.29 bits per heavy atom. The van der Waals surface area contributed by atoms with Crippen LogP contribution in [0.4, 0.5) is 10.5 Å². The largest absolute Gasteiger partial charge is 0.382 e. The molecule has 0 bridgehead atoms. The second-order valence-corrected chi connectivity index (χ2v) is 8.47. The van der Waals surface area contributed by atoms with E-state index in [1.165, 1.54) is 0 Å². The Kier molecular flexibility index (Phi) is 9.58. The molecule has 7 nitrogen and oxygen atoms in total. The standard InChI is InChI=1S/C20H35N3O4S/c1-7-16(6)23(20(24)21-8-2)15-17-12-13-18(22(9-3)10-4)14-19(17)27-28(25,26)11-5/h12-14,16H,7-11,15H2,1-6H3,(H,21,24)/t16-/m1/s1. The molecule has 1 atom stereocenters. The van der Waals surface area contributed by atoms with E-state index < -0.39 is 10.1 Å². The van der Waals surface area contributed by atoms with E-state index in [1.54, 1.807) is 17.9 Å². The first kappa shape index (κ1) is 24.1. The predicted molar refractivity (Wildman–Crippen MR) is 114 cm³/mol. The maximum Gasteiger partial charge on any atom is 0.317 e. The number of nitrogens with zero attached hydrogens (tertiary/aromatic N) is 2. The summed E-state index contributed by atoms with van der Waals surface area (Å²) in [5.41, 5.74) is 1.56. The van der Waals surface area contributed by atoms with Gasteiger partial charge in [-0.25, -0.2) is 4.79 Å². The van der Waals surface area contributed by atoms with Crippen molar-refractivity contribution in [3.05, 3.63) is 23.8 Å². The van der Waals surface area contributed by atoms with Gasteiger partial charge in [-0.15, -0.1) is 0 Å². The molecule has 1 N–H and O–H groups in total. The lowest BCUT2D eigenvalue weighted by molar-refractivity contribution is 0.173. The summed E-state index contributed by atoms with van der Waals surface area (Å²) < 4.78 is 29.7. The minimum atomic E-state index is -3.68. The summed E-state index contributed by atoms with van der Waals surface area (Å²) in [6, 6.07) is 5.38. The van der Waals surface area contributed by atoms with Crippen molar-refractivity contribution < 1.29 is 17.4 Å². The highest BCUT2D eigenvalue weighted by molar-refractivity contribution is 7.87. The molecule has 160 valence electrons. The van der Waals surface area contributed by atoms with E-state index in [0.717, 1.165) is 25.2 Å². The van der Waals surface area contributed by atoms with Crippen LogP contribution in [0.25, 0.3) is 0 Å². The highest BCUT2D eigenvalue weighted by atomic mass is 32.2. The van der Waals surface area contributed by atoms with Gasteiger partial charge in [-0.2, -0.15) is 8.42 Å². The maximum atomic E-state index is 12.5. The number of anilines is 1. The van der Waals surface area contributed by atoms with Crippen LogP contribution in [0.2, 0.25) is 0 Å². The van der Waals surface area contributed by atoms with Gasteiger partial charge < -0.3 is 19.3 Å². The molecule has 0 aliphatic rings. The van der Waals surface area contributed by atoms with Gasteiger partial charge in [0.2, 0.25) is 0 Å². The molecule has 1 rings (SSSR count). The molecule has 1 aromatic carbocycles. The molecule has 28 heavy (non-hydrogen) atoms. The molecule has 0 heterocycles. The van der Waals surface area contributed by atoms with Crippen molar-refractivity contribution >= 4 is 21.8 Å². The van der Waals surface area contributed by atoms with Crippen LogP contribution in [0.1, 0.15) is 53.5 Å². The summed E-state index contributed by atoms with van der Waals surface area (Å²) in [4.78, 5) is 16.3. The molecule has 0 saturated heterocycles. The van der Waals surface area contributed by atoms with Gasteiger partial charge in [-0.3, -0.25) is 0 Å². The zero-order chi connectivity index (χ0) is 21.3. The third-order valence-electron chi connectivity index (χ3n) is 4.80. The van der Waals surface area contributed by atoms with Gasteiger partial charge in [-0.1, -0.05) is 13.0 Å². The molecule has 0 radical (unpaired) electrons. The molecule has 0 aliphatic carbocycles. The topological polar surface area (TPSA) is 79.0 Å². The molecule has 2 amide bonds. The van der Waals surface area contributed by atoms with Gasteiger partial charge >= 0.3 is 16.1 Å². The second-order valence-electron chi connectivity index (χ2n) is 6.61. The molecule has 1 aromatic rings. The maximum absolute atomic E-state index is 12.5. The Morgan fingerprint density at radius 2 is 1.79 bits per heavy atom. The van der Waals surface area contributed by atoms with Crippen molar-refractivity contribution in [2.24, 2.45) is 0 Å². The molecule has 0 spiro atoms. The Hall–Kier alpha value is -1.96. The molecule has 0 aromatic heterocycles. The van der Waals surface area contributed by atoms with E-state index in [1.807, 2.05) is 46.8 Å². The molecule has 0 aliphatic heterocycles. The van der Waals surface area contributed by atoms with Crippen molar-refractivity contribution in [3.8, 4) is 5.75 Å². The first-order chi connectivity index (χ1) is 13.2. The first-order valence-electron chi connectivity index (χ1n) is 10.1. The molecule has 0 unspecified atom stereocenters. The highest BCUT2D eigenvalue weighted by Crippen LogP contribution is 2.29. The van der Waals surface area contributed by atoms with Crippen molar-refractivity contribution in [1.29, 1.82) is 0 Å². The van der Waals surface area contributed by atoms with E-state index in [4.69, 9.17) is 4.18 Å². The van der Waals surface area contributed by atoms with Gasteiger partial charge in [-0.05, 0) is 47.1 Å². The van der Waals surface area contributed by atoms with E-state index in [-0.39, 0.29) is 30.1 Å². The summed E-state index contributed by atoms with van der Waals surface area (Å²) in [6.45, 7) is 13.9. The minimum absolute atomic E-state index is 0.00430. The zero-order valence-electron chi connectivity index (χ0n) is 18.0. The number of amides is 2. The molecule has 0 saturated carbocycles. The summed E-state index contributed by atoms with van der Waals surface area (Å²) >= 11 is 0. The number of hydrogen-bond acceptors (Lipinski definition) is 5. The lowest BCUT2D eigenvalue weighted by Gasteiger charge is -2.30. The lowest BCUT2D eigenvalue weighted by atomic mass is 10.1. The second kappa shape index (κ2) is 11.1. The Labute approximate surface area is 170 Å². The lowest BCUT2D eigenvalue weighted by Crippen LogP contribution is -2.44. The van der Waals surface area contributed by atoms with Crippen molar-refractivity contribution in [1.82, 2.24) is 10.2 Å². The van der Waals surface area contributed by atoms with Crippen LogP contribution in [0.5, 0.6) is 5.75 Å². The Morgan fingerprint density at radius 1 is 1.14 bits per heavy atom. The fourth-order valence-electron chi connectivity index (χ4n) is 2.82. The molecular weight excluding hydrogens is 378 g/mol. The van der Waals surface area contributed by atoms with Crippen LogP contribution in [-0.4, -0.2) is 50.8 Å². The van der Waals surface area contributed by atoms with Crippen LogP contribution in [-0.2, 0) is 16.7 Å². The third kappa shape index (κ3) is 6.58. The van der Waals surface area contributed by atoms with Crippen LogP contribution >= 0.6 is 0 Å². The van der Waals surface area contributed by atoms with Crippen LogP contribution < -0.4 is 14.4 Å². The van der Waals surface area contributed by atoms with Gasteiger partial charge in [0, 0.05) is 43.0 Å². The summed E-state index contributed by atoms with van der Waals surface area (Å²) in [5.74, 6) is 0.164. The zero-order valence-corrected chi connectivity index (χ0v) is 18.8. The number of rotatable bonds is 11. The fourth-order valence-corrected chi connectivity index (χ4v) is 3.36. The summed E-state index contributed by atoms with van der Waals surface area (Å²) in [5, 5.41) is 2.83. The molecule has 8 heteroatoms. The van der Waals surface area contributed by atoms with Crippen LogP contribution in [0.15, 0.2) is 18.2 Å². The molecular formula is C20H35N3O4S. The van der Waals surface area contributed by atoms with Crippen molar-refractivity contribution in [3.63, 3.8) is 0 Å². The summed E-state index contributed by atoms with van der Waals surface area (Å²) in [7, 11) is -3.68. The summed E-state index contributed by atoms with van der Waals surface area (Å²) in [6.07, 6.45) is 0.790. The van der Waals surface area contributed by atoms with Gasteiger partial charge in [0.25, 0.3) is 0 Å². The third-order valence-corrected chi connectivity index (χ3v) is 5.94. The van der Waals surface area contributed by atoms with E-state index in [0.29, 0.717) is 12.1 Å². The number of nitrogens with one attached hydrogen (secondary N) is 1. The SMILES string of the molecule is CCNC(=O)N(Cc1ccc(N(CC)CC)cc1OS(=O)(=O)CC)[C@H](C)CC. The number of benzene rings is 1. The van der Waals surface area contributed by atoms with Gasteiger partial charge in [0.1, 0.15) is 5.75 Å². The monoisotopic (exact) mass is 413 g/mol. The number of hydrogen-bond donors (Lipinski definition) is 1. The number of carbonyl (C=O) groups is 1. The average molecular weight is 414 g/mol. The predicted octanol–water partition coefficient (Wildman–Crippen LogP) is 3.59. The van der Waals surface area contributed by atoms with Crippen LogP contribution in [0.3, 0.4) is 0 Å². The average Bonchev–Trinajstić information content (AvgIpc) is 2.67. The van der Waals surface area contributed by atoms with Crippen LogP contribution in [0, 0.1) is 0 Å². The first-order valence-corrected chi connectivity index (χ1v) is 11.6. The fraction of sp³-hybridized carbons (Fsp3) is 0.650. The number of carbonyl (C=O) groups excluding carboxylic acids is 1. The minimum Gasteiger partial charge on any atom is -0.382 e. The van der Waals surface area contributed by atoms with E-state index in [9.17, 15) is 13.2 Å². The molecule has 0 fully saturated rings. The van der Waals surface area contributed by atoms with Crippen molar-refractivity contribution in [2.75, 3.05) is 30.3 Å². The highest BCUT2D eigenvalue weighted by Gasteiger charge is 2.22.